The van der Waals surface area contributed by atoms with E-state index in [1.807, 2.05) is 36.2 Å². The van der Waals surface area contributed by atoms with Crippen molar-refractivity contribution in [1.29, 1.82) is 0 Å². The van der Waals surface area contributed by atoms with Crippen molar-refractivity contribution in [1.82, 2.24) is 5.43 Å². The van der Waals surface area contributed by atoms with Gasteiger partial charge in [0.2, 0.25) is 0 Å². The van der Waals surface area contributed by atoms with Gasteiger partial charge >= 0.3 is 5.97 Å². The zero-order valence-corrected chi connectivity index (χ0v) is 8.69. The number of anilines is 1. The van der Waals surface area contributed by atoms with E-state index in [1.54, 1.807) is 0 Å². The Kier molecular flexibility index (Phi) is 2.87. The van der Waals surface area contributed by atoms with Crippen molar-refractivity contribution in [2.75, 3.05) is 18.2 Å². The first kappa shape index (κ1) is 9.98. The van der Waals surface area contributed by atoms with Crippen LogP contribution in [0.2, 0.25) is 0 Å². The molecule has 1 aromatic carbocycles. The lowest BCUT2D eigenvalue weighted by Crippen LogP contribution is -2.37. The van der Waals surface area contributed by atoms with E-state index in [-0.39, 0.29) is 12.5 Å². The fourth-order valence-corrected chi connectivity index (χ4v) is 1.67. The van der Waals surface area contributed by atoms with Gasteiger partial charge in [0.1, 0.15) is 6.54 Å². The molecule has 0 saturated heterocycles. The Labute approximate surface area is 88.8 Å². The van der Waals surface area contributed by atoms with Gasteiger partial charge in [0.15, 0.2) is 0 Å². The molecule has 15 heavy (non-hydrogen) atoms. The lowest BCUT2D eigenvalue weighted by Gasteiger charge is -2.17. The van der Waals surface area contributed by atoms with Crippen LogP contribution in [-0.4, -0.2) is 19.1 Å². The highest BCUT2D eigenvalue weighted by Crippen LogP contribution is 2.23. The molecule has 80 valence electrons. The van der Waals surface area contributed by atoms with Crippen LogP contribution in [-0.2, 0) is 16.1 Å². The molecule has 4 nitrogen and oxygen atoms in total. The smallest absolute Gasteiger partial charge is 0.327 e. The van der Waals surface area contributed by atoms with Gasteiger partial charge in [-0.3, -0.25) is 9.80 Å². The van der Waals surface area contributed by atoms with Crippen LogP contribution < -0.4 is 10.4 Å². The number of hydrazine groups is 1. The molecular formula is C11H14N2O2. The quantitative estimate of drug-likeness (QED) is 0.751. The van der Waals surface area contributed by atoms with Gasteiger partial charge in [0.05, 0.1) is 12.3 Å². The molecular weight excluding hydrogens is 192 g/mol. The van der Waals surface area contributed by atoms with E-state index in [9.17, 15) is 4.79 Å². The Morgan fingerprint density at radius 1 is 1.53 bits per heavy atom. The Morgan fingerprint density at radius 2 is 2.33 bits per heavy atom. The summed E-state index contributed by atoms with van der Waals surface area (Å²) in [6.07, 6.45) is 0. The third kappa shape index (κ3) is 2.10. The second-order valence-electron chi connectivity index (χ2n) is 3.35. The largest absolute Gasteiger partial charge is 0.465 e. The van der Waals surface area contributed by atoms with Crippen molar-refractivity contribution in [3.8, 4) is 0 Å². The highest BCUT2D eigenvalue weighted by atomic mass is 16.5. The fraction of sp³-hybridized carbons (Fsp3) is 0.364. The molecule has 0 saturated carbocycles. The summed E-state index contributed by atoms with van der Waals surface area (Å²) >= 11 is 0. The second kappa shape index (κ2) is 4.31. The molecule has 0 aliphatic carbocycles. The van der Waals surface area contributed by atoms with Crippen LogP contribution in [0.5, 0.6) is 0 Å². The van der Waals surface area contributed by atoms with Crippen LogP contribution in [0.3, 0.4) is 0 Å². The molecule has 1 aliphatic rings. The third-order valence-electron chi connectivity index (χ3n) is 2.34. The van der Waals surface area contributed by atoms with Gasteiger partial charge in [-0.25, -0.2) is 5.43 Å². The zero-order valence-electron chi connectivity index (χ0n) is 8.69. The molecule has 0 radical (unpaired) electrons. The Morgan fingerprint density at radius 3 is 3.13 bits per heavy atom. The number of benzene rings is 1. The molecule has 0 spiro atoms. The van der Waals surface area contributed by atoms with Crippen molar-refractivity contribution in [3.63, 3.8) is 0 Å². The topological polar surface area (TPSA) is 41.6 Å². The molecule has 0 unspecified atom stereocenters. The van der Waals surface area contributed by atoms with Crippen LogP contribution in [0.1, 0.15) is 12.5 Å². The molecule has 1 N–H and O–H groups in total. The van der Waals surface area contributed by atoms with Crippen molar-refractivity contribution in [2.45, 2.75) is 13.5 Å². The number of rotatable bonds is 3. The summed E-state index contributed by atoms with van der Waals surface area (Å²) in [5.74, 6) is -0.207. The van der Waals surface area contributed by atoms with Crippen LogP contribution in [0, 0.1) is 0 Å². The van der Waals surface area contributed by atoms with E-state index >= 15 is 0 Å². The number of fused-ring (bicyclic) bond motifs is 1. The number of para-hydroxylation sites is 1. The average molecular weight is 206 g/mol. The summed E-state index contributed by atoms with van der Waals surface area (Å²) in [5, 5.41) is 1.83. The number of nitrogens with zero attached hydrogens (tertiary/aromatic N) is 1. The summed E-state index contributed by atoms with van der Waals surface area (Å²) in [6, 6.07) is 8.00. The zero-order chi connectivity index (χ0) is 10.7. The molecule has 1 aromatic rings. The number of hydrogen-bond donors (Lipinski definition) is 1. The van der Waals surface area contributed by atoms with Crippen LogP contribution in [0.25, 0.3) is 0 Å². The van der Waals surface area contributed by atoms with Crippen molar-refractivity contribution < 1.29 is 9.53 Å². The molecule has 1 aliphatic heterocycles. The summed E-state index contributed by atoms with van der Waals surface area (Å²) < 4.78 is 4.90. The first-order valence-corrected chi connectivity index (χ1v) is 5.06. The normalized spacial score (nSPS) is 13.8. The number of nitrogens with one attached hydrogen (secondary N) is 1. The predicted octanol–water partition coefficient (Wildman–Crippen LogP) is 1.07. The number of ether oxygens (including phenoxy) is 1. The van der Waals surface area contributed by atoms with Gasteiger partial charge in [-0.1, -0.05) is 18.2 Å². The maximum atomic E-state index is 11.3. The predicted molar refractivity (Wildman–Crippen MR) is 57.3 cm³/mol. The van der Waals surface area contributed by atoms with Crippen molar-refractivity contribution >= 4 is 11.7 Å². The molecule has 0 aromatic heterocycles. The molecule has 0 amide bonds. The molecule has 0 bridgehead atoms. The van der Waals surface area contributed by atoms with Gasteiger partial charge in [0.25, 0.3) is 0 Å². The fourth-order valence-electron chi connectivity index (χ4n) is 1.67. The van der Waals surface area contributed by atoms with E-state index in [2.05, 4.69) is 5.43 Å². The molecule has 0 fully saturated rings. The first-order valence-electron chi connectivity index (χ1n) is 5.06. The first-order chi connectivity index (χ1) is 7.31. The van der Waals surface area contributed by atoms with Gasteiger partial charge in [0, 0.05) is 6.54 Å². The summed E-state index contributed by atoms with van der Waals surface area (Å²) in [7, 11) is 0. The van der Waals surface area contributed by atoms with Crippen molar-refractivity contribution in [3.05, 3.63) is 29.8 Å². The lowest BCUT2D eigenvalue weighted by molar-refractivity contribution is -0.141. The Balaban J connectivity index is 2.04. The third-order valence-corrected chi connectivity index (χ3v) is 2.34. The average Bonchev–Trinajstić information content (AvgIpc) is 2.62. The van der Waals surface area contributed by atoms with Gasteiger partial charge < -0.3 is 4.74 Å². The lowest BCUT2D eigenvalue weighted by atomic mass is 10.2. The summed E-state index contributed by atoms with van der Waals surface area (Å²) in [6.45, 7) is 3.26. The second-order valence-corrected chi connectivity index (χ2v) is 3.35. The Hall–Kier alpha value is -1.55. The minimum absolute atomic E-state index is 0.207. The van der Waals surface area contributed by atoms with E-state index in [0.29, 0.717) is 6.61 Å². The van der Waals surface area contributed by atoms with Gasteiger partial charge in [-0.05, 0) is 18.6 Å². The molecule has 2 rings (SSSR count). The van der Waals surface area contributed by atoms with Crippen LogP contribution in [0.15, 0.2) is 24.3 Å². The minimum Gasteiger partial charge on any atom is -0.465 e. The monoisotopic (exact) mass is 206 g/mol. The molecule has 4 heteroatoms. The van der Waals surface area contributed by atoms with E-state index in [0.717, 1.165) is 12.2 Å². The number of carbonyl (C=O) groups is 1. The summed E-state index contributed by atoms with van der Waals surface area (Å²) in [5.41, 5.74) is 5.41. The number of hydrogen-bond acceptors (Lipinski definition) is 4. The van der Waals surface area contributed by atoms with E-state index in [4.69, 9.17) is 4.74 Å². The standard InChI is InChI=1S/C11H14N2O2/c1-2-15-11(14)8-13-10-6-4-3-5-9(10)7-12-13/h3-6,12H,2,7-8H2,1H3. The van der Waals surface area contributed by atoms with E-state index < -0.39 is 0 Å². The minimum atomic E-state index is -0.207. The maximum absolute atomic E-state index is 11.3. The summed E-state index contributed by atoms with van der Waals surface area (Å²) in [4.78, 5) is 11.3. The highest BCUT2D eigenvalue weighted by Gasteiger charge is 2.20. The molecule has 1 heterocycles. The van der Waals surface area contributed by atoms with Crippen molar-refractivity contribution in [2.24, 2.45) is 0 Å². The van der Waals surface area contributed by atoms with Crippen LogP contribution >= 0.6 is 0 Å². The molecule has 0 atom stereocenters. The van der Waals surface area contributed by atoms with Crippen LogP contribution in [0.4, 0.5) is 5.69 Å². The maximum Gasteiger partial charge on any atom is 0.327 e. The highest BCUT2D eigenvalue weighted by molar-refractivity contribution is 5.76. The van der Waals surface area contributed by atoms with Gasteiger partial charge in [-0.15, -0.1) is 0 Å². The van der Waals surface area contributed by atoms with Gasteiger partial charge in [-0.2, -0.15) is 0 Å². The number of esters is 1. The SMILES string of the molecule is CCOC(=O)CN1NCc2ccccc21. The number of carbonyl (C=O) groups excluding carboxylic acids is 1. The van der Waals surface area contributed by atoms with E-state index in [1.165, 1.54) is 5.56 Å². The Bertz CT molecular complexity index is 365.